The summed E-state index contributed by atoms with van der Waals surface area (Å²) in [4.78, 5) is 17.4. The van der Waals surface area contributed by atoms with Gasteiger partial charge in [0.2, 0.25) is 10.0 Å². The Morgan fingerprint density at radius 1 is 1.06 bits per heavy atom. The molecule has 0 spiro atoms. The van der Waals surface area contributed by atoms with E-state index in [1.807, 2.05) is 6.92 Å². The highest BCUT2D eigenvalue weighted by atomic mass is 32.2. The lowest BCUT2D eigenvalue weighted by Gasteiger charge is -2.25. The number of nitrogens with zero attached hydrogens (tertiary/aromatic N) is 2. The SMILES string of the molecule is C=Nc1cc(-c2cc(-c3cc4c(C(=O)NC)c(-c5ccc(F)cc5)oc4cc3N(CCCF)S(C)(=O)=O)ccc2OC)oc1C=CC. The Morgan fingerprint density at radius 3 is 2.40 bits per heavy atom. The molecule has 12 heteroatoms. The first-order valence-corrected chi connectivity index (χ1v) is 16.4. The number of carbonyl (C=O) groups excluding carboxylic acids is 1. The molecule has 0 aliphatic heterocycles. The van der Waals surface area contributed by atoms with Crippen molar-refractivity contribution in [3.05, 3.63) is 83.9 Å². The molecule has 1 amide bonds. The van der Waals surface area contributed by atoms with E-state index in [-0.39, 0.29) is 35.6 Å². The van der Waals surface area contributed by atoms with Crippen LogP contribution in [0.15, 0.2) is 80.6 Å². The van der Waals surface area contributed by atoms with Crippen molar-refractivity contribution >= 4 is 51.1 Å². The van der Waals surface area contributed by atoms with Crippen LogP contribution < -0.4 is 14.4 Å². The van der Waals surface area contributed by atoms with Crippen molar-refractivity contribution in [1.29, 1.82) is 0 Å². The van der Waals surface area contributed by atoms with E-state index < -0.39 is 28.4 Å². The average Bonchev–Trinajstić information content (AvgIpc) is 3.64. The van der Waals surface area contributed by atoms with E-state index in [1.54, 1.807) is 42.5 Å². The number of carbonyl (C=O) groups is 1. The van der Waals surface area contributed by atoms with Gasteiger partial charge in [-0.15, -0.1) is 0 Å². The van der Waals surface area contributed by atoms with E-state index in [4.69, 9.17) is 13.6 Å². The van der Waals surface area contributed by atoms with Crippen LogP contribution in [-0.4, -0.2) is 54.7 Å². The standard InChI is InChI=1S/C35H33F2N3O6S/c1-6-8-30-27(38-2)19-31(45-30)25-17-22(11-14-29(25)44-4)24-18-26-32(20-28(24)40(16-7-15-36)47(5,42)43)46-34(33(26)35(41)39-3)21-9-12-23(37)13-10-21/h6,8-14,17-20H,2,7,15-16H2,1,3-5H3,(H,39,41). The lowest BCUT2D eigenvalue weighted by molar-refractivity contribution is 0.0964. The van der Waals surface area contributed by atoms with Gasteiger partial charge in [-0.3, -0.25) is 18.5 Å². The van der Waals surface area contributed by atoms with Crippen molar-refractivity contribution in [2.75, 3.05) is 37.9 Å². The number of sulfonamides is 1. The van der Waals surface area contributed by atoms with Gasteiger partial charge >= 0.3 is 0 Å². The zero-order valence-corrected chi connectivity index (χ0v) is 27.1. The van der Waals surface area contributed by atoms with Gasteiger partial charge in [0, 0.05) is 42.2 Å². The van der Waals surface area contributed by atoms with Crippen LogP contribution in [0.5, 0.6) is 5.75 Å². The van der Waals surface area contributed by atoms with E-state index in [1.165, 1.54) is 44.5 Å². The molecule has 3 aromatic carbocycles. The number of furan rings is 2. The molecule has 0 unspecified atom stereocenters. The molecule has 1 N–H and O–H groups in total. The van der Waals surface area contributed by atoms with Crippen LogP contribution in [-0.2, 0) is 10.0 Å². The molecule has 9 nitrogen and oxygen atoms in total. The maximum absolute atomic E-state index is 13.8. The van der Waals surface area contributed by atoms with Crippen LogP contribution in [0, 0.1) is 5.82 Å². The highest BCUT2D eigenvalue weighted by molar-refractivity contribution is 7.92. The number of aliphatic imine (C=N–C) groups is 1. The summed E-state index contributed by atoms with van der Waals surface area (Å²) in [6.07, 6.45) is 4.54. The largest absolute Gasteiger partial charge is 0.496 e. The maximum Gasteiger partial charge on any atom is 0.255 e. The normalized spacial score (nSPS) is 11.7. The summed E-state index contributed by atoms with van der Waals surface area (Å²) >= 11 is 0. The van der Waals surface area contributed by atoms with Gasteiger partial charge in [-0.05, 0) is 74.2 Å². The fourth-order valence-corrected chi connectivity index (χ4v) is 6.35. The number of amides is 1. The van der Waals surface area contributed by atoms with E-state index in [2.05, 4.69) is 17.0 Å². The van der Waals surface area contributed by atoms with E-state index in [9.17, 15) is 22.0 Å². The number of methoxy groups -OCH3 is 1. The zero-order valence-electron chi connectivity index (χ0n) is 26.3. The predicted octanol–water partition coefficient (Wildman–Crippen LogP) is 8.02. The second kappa shape index (κ2) is 13.6. The first-order chi connectivity index (χ1) is 22.5. The quantitative estimate of drug-likeness (QED) is 0.136. The summed E-state index contributed by atoms with van der Waals surface area (Å²) in [5.74, 6) is 0.622. The minimum atomic E-state index is -3.92. The summed E-state index contributed by atoms with van der Waals surface area (Å²) < 4.78 is 72.6. The lowest BCUT2D eigenvalue weighted by atomic mass is 9.96. The van der Waals surface area contributed by atoms with Crippen LogP contribution in [0.4, 0.5) is 20.2 Å². The Hall–Kier alpha value is -5.23. The van der Waals surface area contributed by atoms with E-state index >= 15 is 0 Å². The molecule has 47 heavy (non-hydrogen) atoms. The number of nitrogens with one attached hydrogen (secondary N) is 1. The Morgan fingerprint density at radius 2 is 1.79 bits per heavy atom. The molecular weight excluding hydrogens is 628 g/mol. The van der Waals surface area contributed by atoms with Crippen LogP contribution >= 0.6 is 0 Å². The Labute approximate surface area is 271 Å². The maximum atomic E-state index is 13.8. The molecule has 2 heterocycles. The van der Waals surface area contributed by atoms with Crippen LogP contribution in [0.25, 0.3) is 50.8 Å². The molecule has 0 atom stereocenters. The third-order valence-electron chi connectivity index (χ3n) is 7.54. The van der Waals surface area contributed by atoms with Crippen molar-refractivity contribution in [3.63, 3.8) is 0 Å². The second-order valence-corrected chi connectivity index (χ2v) is 12.5. The predicted molar refractivity (Wildman–Crippen MR) is 181 cm³/mol. The van der Waals surface area contributed by atoms with Crippen molar-refractivity contribution < 1.29 is 35.6 Å². The van der Waals surface area contributed by atoms with Crippen LogP contribution in [0.3, 0.4) is 0 Å². The highest BCUT2D eigenvalue weighted by Crippen LogP contribution is 2.44. The summed E-state index contributed by atoms with van der Waals surface area (Å²) in [6, 6.07) is 15.6. The number of hydrogen-bond donors (Lipinski definition) is 1. The van der Waals surface area contributed by atoms with Gasteiger partial charge in [0.05, 0.1) is 36.9 Å². The molecule has 0 radical (unpaired) electrons. The third-order valence-corrected chi connectivity index (χ3v) is 8.72. The molecule has 2 aromatic heterocycles. The molecule has 0 saturated carbocycles. The van der Waals surface area contributed by atoms with Gasteiger partial charge in [0.25, 0.3) is 5.91 Å². The molecule has 0 bridgehead atoms. The monoisotopic (exact) mass is 661 g/mol. The molecule has 0 fully saturated rings. The number of benzene rings is 3. The molecule has 5 rings (SSSR count). The van der Waals surface area contributed by atoms with E-state index in [0.29, 0.717) is 50.6 Å². The number of anilines is 1. The van der Waals surface area contributed by atoms with Crippen molar-refractivity contribution in [2.24, 2.45) is 4.99 Å². The first-order valence-electron chi connectivity index (χ1n) is 14.6. The van der Waals surface area contributed by atoms with Gasteiger partial charge < -0.3 is 18.9 Å². The number of rotatable bonds is 12. The van der Waals surface area contributed by atoms with E-state index in [0.717, 1.165) is 10.6 Å². The zero-order chi connectivity index (χ0) is 33.9. The van der Waals surface area contributed by atoms with Crippen LogP contribution in [0.2, 0.25) is 0 Å². The van der Waals surface area contributed by atoms with Gasteiger partial charge in [-0.1, -0.05) is 12.1 Å². The molecule has 0 aliphatic rings. The summed E-state index contributed by atoms with van der Waals surface area (Å²) in [5, 5.41) is 3.01. The molecule has 0 aliphatic carbocycles. The summed E-state index contributed by atoms with van der Waals surface area (Å²) in [7, 11) is -0.938. The fraction of sp³-hybridized carbons (Fsp3) is 0.200. The van der Waals surface area contributed by atoms with Gasteiger partial charge in [0.1, 0.15) is 34.4 Å². The molecular formula is C35H33F2N3O6S. The first kappa shape index (κ1) is 33.1. The van der Waals surface area contributed by atoms with Gasteiger partial charge in [0.15, 0.2) is 5.76 Å². The summed E-state index contributed by atoms with van der Waals surface area (Å²) in [5.41, 5.74) is 3.02. The van der Waals surface area contributed by atoms with Crippen molar-refractivity contribution in [3.8, 4) is 39.5 Å². The lowest BCUT2D eigenvalue weighted by Crippen LogP contribution is -2.31. The van der Waals surface area contributed by atoms with Crippen molar-refractivity contribution in [1.82, 2.24) is 5.32 Å². The molecule has 244 valence electrons. The second-order valence-electron chi connectivity index (χ2n) is 10.6. The smallest absolute Gasteiger partial charge is 0.255 e. The van der Waals surface area contributed by atoms with Gasteiger partial charge in [-0.2, -0.15) is 0 Å². The molecule has 5 aromatic rings. The topological polar surface area (TPSA) is 114 Å². The van der Waals surface area contributed by atoms with Crippen molar-refractivity contribution in [2.45, 2.75) is 13.3 Å². The highest BCUT2D eigenvalue weighted by Gasteiger charge is 2.28. The number of halogens is 2. The minimum Gasteiger partial charge on any atom is -0.496 e. The third kappa shape index (κ3) is 6.54. The minimum absolute atomic E-state index is 0.0572. The molecule has 0 saturated heterocycles. The van der Waals surface area contributed by atoms with Gasteiger partial charge in [-0.25, -0.2) is 12.8 Å². The fourth-order valence-electron chi connectivity index (χ4n) is 5.38. The summed E-state index contributed by atoms with van der Waals surface area (Å²) in [6.45, 7) is 4.59. The number of alkyl halides is 1. The number of allylic oxidation sites excluding steroid dienone is 1. The Balaban J connectivity index is 1.85. The number of ether oxygens (including phenoxy) is 1. The average molecular weight is 662 g/mol. The Kier molecular flexibility index (Phi) is 9.61. The Bertz CT molecular complexity index is 2100. The number of hydrogen-bond acceptors (Lipinski definition) is 7. The van der Waals surface area contributed by atoms with Crippen LogP contribution in [0.1, 0.15) is 29.5 Å². The number of fused-ring (bicyclic) bond motifs is 1.